The second kappa shape index (κ2) is 6.99. The van der Waals surface area contributed by atoms with E-state index < -0.39 is 0 Å². The summed E-state index contributed by atoms with van der Waals surface area (Å²) < 4.78 is 0. The van der Waals surface area contributed by atoms with Gasteiger partial charge in [-0.2, -0.15) is 0 Å². The van der Waals surface area contributed by atoms with Crippen LogP contribution in [0.25, 0.3) is 0 Å². The van der Waals surface area contributed by atoms with E-state index in [-0.39, 0.29) is 12.1 Å². The van der Waals surface area contributed by atoms with Crippen molar-refractivity contribution in [2.24, 2.45) is 5.92 Å². The van der Waals surface area contributed by atoms with Gasteiger partial charge in [-0.05, 0) is 42.7 Å². The van der Waals surface area contributed by atoms with Crippen LogP contribution in [0.1, 0.15) is 18.4 Å². The van der Waals surface area contributed by atoms with E-state index in [9.17, 15) is 9.90 Å². The third-order valence-electron chi connectivity index (χ3n) is 3.58. The number of hydrogen-bond donors (Lipinski definition) is 2. The van der Waals surface area contributed by atoms with Crippen LogP contribution in [0, 0.1) is 5.92 Å². The van der Waals surface area contributed by atoms with Crippen LogP contribution in [-0.4, -0.2) is 42.0 Å². The van der Waals surface area contributed by atoms with Crippen LogP contribution >= 0.6 is 11.8 Å². The molecule has 1 unspecified atom stereocenters. The van der Waals surface area contributed by atoms with Gasteiger partial charge in [0, 0.05) is 25.0 Å². The van der Waals surface area contributed by atoms with Crippen molar-refractivity contribution in [2.45, 2.75) is 30.4 Å². The minimum atomic E-state index is -0.383. The molecular formula is C15H22N2O2S. The summed E-state index contributed by atoms with van der Waals surface area (Å²) in [6.07, 6.45) is 3.82. The minimum Gasteiger partial charge on any atom is -0.391 e. The molecule has 1 aromatic rings. The molecule has 0 spiro atoms. The maximum atomic E-state index is 11.9. The Labute approximate surface area is 124 Å². The van der Waals surface area contributed by atoms with Crippen LogP contribution in [0.4, 0.5) is 4.79 Å². The van der Waals surface area contributed by atoms with Crippen molar-refractivity contribution in [2.75, 3.05) is 19.8 Å². The molecule has 1 fully saturated rings. The molecule has 0 aromatic heterocycles. The van der Waals surface area contributed by atoms with Crippen LogP contribution in [0.2, 0.25) is 0 Å². The second-order valence-corrected chi connectivity index (χ2v) is 6.17. The van der Waals surface area contributed by atoms with Gasteiger partial charge in [-0.25, -0.2) is 4.79 Å². The highest BCUT2D eigenvalue weighted by atomic mass is 32.2. The Hall–Kier alpha value is -1.20. The predicted molar refractivity (Wildman–Crippen MR) is 81.8 cm³/mol. The summed E-state index contributed by atoms with van der Waals surface area (Å²) in [5.41, 5.74) is 1.08. The molecule has 2 rings (SSSR count). The van der Waals surface area contributed by atoms with E-state index in [0.29, 0.717) is 19.0 Å². The van der Waals surface area contributed by atoms with Crippen molar-refractivity contribution in [1.82, 2.24) is 10.2 Å². The Morgan fingerprint density at radius 2 is 2.10 bits per heavy atom. The lowest BCUT2D eigenvalue weighted by Gasteiger charge is -2.21. The molecule has 0 saturated heterocycles. The average Bonchev–Trinajstić information content (AvgIpc) is 3.29. The Bertz CT molecular complexity index is 446. The lowest BCUT2D eigenvalue weighted by atomic mass is 10.2. The van der Waals surface area contributed by atoms with E-state index in [1.54, 1.807) is 23.7 Å². The molecule has 4 nitrogen and oxygen atoms in total. The van der Waals surface area contributed by atoms with Crippen molar-refractivity contribution in [3.05, 3.63) is 29.8 Å². The van der Waals surface area contributed by atoms with E-state index in [2.05, 4.69) is 5.32 Å². The van der Waals surface area contributed by atoms with E-state index in [1.807, 2.05) is 30.5 Å². The van der Waals surface area contributed by atoms with Crippen molar-refractivity contribution < 1.29 is 9.90 Å². The molecule has 5 heteroatoms. The largest absolute Gasteiger partial charge is 0.391 e. The summed E-state index contributed by atoms with van der Waals surface area (Å²) in [5.74, 6) is 0.393. The summed E-state index contributed by atoms with van der Waals surface area (Å²) in [7, 11) is 1.72. The van der Waals surface area contributed by atoms with E-state index in [0.717, 1.165) is 18.4 Å². The Morgan fingerprint density at radius 1 is 1.45 bits per heavy atom. The number of carbonyl (C=O) groups is 1. The van der Waals surface area contributed by atoms with Gasteiger partial charge in [-0.15, -0.1) is 11.8 Å². The molecule has 1 aliphatic carbocycles. The first-order chi connectivity index (χ1) is 9.60. The van der Waals surface area contributed by atoms with Gasteiger partial charge in [0.1, 0.15) is 0 Å². The number of carbonyl (C=O) groups excluding carboxylic acids is 1. The van der Waals surface area contributed by atoms with E-state index in [1.165, 1.54) is 4.90 Å². The topological polar surface area (TPSA) is 52.6 Å². The van der Waals surface area contributed by atoms with Gasteiger partial charge in [0.05, 0.1) is 6.10 Å². The molecule has 1 aromatic carbocycles. The molecule has 0 bridgehead atoms. The van der Waals surface area contributed by atoms with Gasteiger partial charge in [0.15, 0.2) is 0 Å². The van der Waals surface area contributed by atoms with Crippen molar-refractivity contribution in [3.63, 3.8) is 0 Å². The molecule has 2 N–H and O–H groups in total. The number of rotatable bonds is 6. The SMILES string of the molecule is CSc1ccc(CNC(=O)N(C)CC(O)C2CC2)cc1. The maximum Gasteiger partial charge on any atom is 0.317 e. The number of thioether (sulfide) groups is 1. The summed E-state index contributed by atoms with van der Waals surface area (Å²) in [6.45, 7) is 0.916. The highest BCUT2D eigenvalue weighted by Gasteiger charge is 2.31. The first-order valence-electron chi connectivity index (χ1n) is 6.90. The van der Waals surface area contributed by atoms with Crippen molar-refractivity contribution >= 4 is 17.8 Å². The lowest BCUT2D eigenvalue weighted by molar-refractivity contribution is 0.113. The highest BCUT2D eigenvalue weighted by Crippen LogP contribution is 2.32. The second-order valence-electron chi connectivity index (χ2n) is 5.29. The summed E-state index contributed by atoms with van der Waals surface area (Å²) in [4.78, 5) is 14.7. The smallest absolute Gasteiger partial charge is 0.317 e. The third kappa shape index (κ3) is 4.42. The molecule has 0 heterocycles. The number of nitrogens with one attached hydrogen (secondary N) is 1. The Balaban J connectivity index is 1.75. The molecule has 110 valence electrons. The lowest BCUT2D eigenvalue weighted by Crippen LogP contribution is -2.41. The minimum absolute atomic E-state index is 0.140. The zero-order valence-electron chi connectivity index (χ0n) is 12.0. The van der Waals surface area contributed by atoms with Gasteiger partial charge in [0.2, 0.25) is 0 Å². The normalized spacial score (nSPS) is 15.8. The fourth-order valence-electron chi connectivity index (χ4n) is 2.05. The first kappa shape index (κ1) is 15.2. The molecule has 0 radical (unpaired) electrons. The maximum absolute atomic E-state index is 11.9. The number of hydrogen-bond acceptors (Lipinski definition) is 3. The number of aliphatic hydroxyl groups is 1. The molecule has 1 atom stereocenters. The van der Waals surface area contributed by atoms with E-state index in [4.69, 9.17) is 0 Å². The van der Waals surface area contributed by atoms with Gasteiger partial charge in [0.25, 0.3) is 0 Å². The van der Waals surface area contributed by atoms with Crippen molar-refractivity contribution in [1.29, 1.82) is 0 Å². The molecular weight excluding hydrogens is 272 g/mol. The fourth-order valence-corrected chi connectivity index (χ4v) is 2.46. The Kier molecular flexibility index (Phi) is 5.31. The van der Waals surface area contributed by atoms with Crippen LogP contribution in [0.15, 0.2) is 29.2 Å². The van der Waals surface area contributed by atoms with Gasteiger partial charge in [-0.1, -0.05) is 12.1 Å². The zero-order valence-corrected chi connectivity index (χ0v) is 12.8. The molecule has 1 aliphatic rings. The molecule has 20 heavy (non-hydrogen) atoms. The fraction of sp³-hybridized carbons (Fsp3) is 0.533. The number of nitrogens with zero attached hydrogens (tertiary/aromatic N) is 1. The number of benzene rings is 1. The number of urea groups is 1. The monoisotopic (exact) mass is 294 g/mol. The van der Waals surface area contributed by atoms with E-state index >= 15 is 0 Å². The summed E-state index contributed by atoms with van der Waals surface area (Å²) >= 11 is 1.70. The average molecular weight is 294 g/mol. The summed E-state index contributed by atoms with van der Waals surface area (Å²) in [5, 5.41) is 12.7. The molecule has 1 saturated carbocycles. The number of likely N-dealkylation sites (N-methyl/N-ethyl adjacent to an activating group) is 1. The van der Waals surface area contributed by atoms with Crippen LogP contribution in [0.3, 0.4) is 0 Å². The van der Waals surface area contributed by atoms with Crippen LogP contribution in [0.5, 0.6) is 0 Å². The molecule has 2 amide bonds. The highest BCUT2D eigenvalue weighted by molar-refractivity contribution is 7.98. The van der Waals surface area contributed by atoms with Gasteiger partial charge < -0.3 is 15.3 Å². The zero-order chi connectivity index (χ0) is 14.5. The van der Waals surface area contributed by atoms with Crippen LogP contribution < -0.4 is 5.32 Å². The number of aliphatic hydroxyl groups excluding tert-OH is 1. The first-order valence-corrected chi connectivity index (χ1v) is 8.12. The van der Waals surface area contributed by atoms with Gasteiger partial charge in [-0.3, -0.25) is 0 Å². The Morgan fingerprint density at radius 3 is 2.65 bits per heavy atom. The summed E-state index contributed by atoms with van der Waals surface area (Å²) in [6, 6.07) is 7.99. The van der Waals surface area contributed by atoms with Crippen LogP contribution in [-0.2, 0) is 6.54 Å². The number of amides is 2. The predicted octanol–water partition coefficient (Wildman–Crippen LogP) is 2.32. The standard InChI is InChI=1S/C15H22N2O2S/c1-17(10-14(18)12-5-6-12)15(19)16-9-11-3-7-13(20-2)8-4-11/h3-4,7-8,12,14,18H,5-6,9-10H2,1-2H3,(H,16,19). The molecule has 0 aliphatic heterocycles. The van der Waals surface area contributed by atoms with Crippen molar-refractivity contribution in [3.8, 4) is 0 Å². The third-order valence-corrected chi connectivity index (χ3v) is 4.32. The quantitative estimate of drug-likeness (QED) is 0.792. The van der Waals surface area contributed by atoms with Gasteiger partial charge >= 0.3 is 6.03 Å².